The lowest BCUT2D eigenvalue weighted by Crippen LogP contribution is -2.01. The second kappa shape index (κ2) is 4.59. The highest BCUT2D eigenvalue weighted by Gasteiger charge is 2.07. The predicted octanol–water partition coefficient (Wildman–Crippen LogP) is 0.937. The second-order valence-electron chi connectivity index (χ2n) is 3.21. The van der Waals surface area contributed by atoms with E-state index in [4.69, 9.17) is 14.5 Å². The van der Waals surface area contributed by atoms with E-state index in [0.29, 0.717) is 24.7 Å². The summed E-state index contributed by atoms with van der Waals surface area (Å²) in [4.78, 5) is 3.89. The molecular formula is C10H10N4O2. The van der Waals surface area contributed by atoms with Gasteiger partial charge < -0.3 is 13.8 Å². The second-order valence-corrected chi connectivity index (χ2v) is 3.21. The smallest absolute Gasteiger partial charge is 0.213 e. The van der Waals surface area contributed by atoms with Gasteiger partial charge in [0.05, 0.1) is 6.54 Å². The molecule has 0 saturated carbocycles. The third-order valence-electron chi connectivity index (χ3n) is 2.04. The van der Waals surface area contributed by atoms with E-state index in [0.717, 1.165) is 5.69 Å². The molecule has 0 aromatic carbocycles. The molecule has 0 atom stereocenters. The van der Waals surface area contributed by atoms with Crippen molar-refractivity contribution in [3.63, 3.8) is 0 Å². The molecule has 0 aliphatic rings. The minimum Gasteiger partial charge on any atom is -0.377 e. The fourth-order valence-corrected chi connectivity index (χ4v) is 1.36. The SMILES string of the molecule is COCc1cc(Cn2ccnc2C#N)no1. The first-order valence-corrected chi connectivity index (χ1v) is 4.68. The van der Waals surface area contributed by atoms with Crippen LogP contribution in [0, 0.1) is 11.3 Å². The number of ether oxygens (including phenoxy) is 1. The summed E-state index contributed by atoms with van der Waals surface area (Å²) in [6.07, 6.45) is 3.30. The molecule has 16 heavy (non-hydrogen) atoms. The molecule has 0 spiro atoms. The molecule has 0 unspecified atom stereocenters. The Morgan fingerprint density at radius 1 is 1.62 bits per heavy atom. The Labute approximate surface area is 92.1 Å². The predicted molar refractivity (Wildman–Crippen MR) is 53.3 cm³/mol. The van der Waals surface area contributed by atoms with Crippen molar-refractivity contribution in [1.82, 2.24) is 14.7 Å². The van der Waals surface area contributed by atoms with E-state index < -0.39 is 0 Å². The van der Waals surface area contributed by atoms with Crippen LogP contribution in [0.3, 0.4) is 0 Å². The summed E-state index contributed by atoms with van der Waals surface area (Å²) in [6.45, 7) is 0.859. The summed E-state index contributed by atoms with van der Waals surface area (Å²) in [5.41, 5.74) is 0.738. The Balaban J connectivity index is 2.12. The number of nitriles is 1. The standard InChI is InChI=1S/C10H10N4O2/c1-15-7-9-4-8(13-16-9)6-14-3-2-12-10(14)5-11/h2-4H,6-7H2,1H3. The number of hydrogen-bond donors (Lipinski definition) is 0. The van der Waals surface area contributed by atoms with Crippen molar-refractivity contribution in [2.45, 2.75) is 13.2 Å². The van der Waals surface area contributed by atoms with E-state index in [9.17, 15) is 0 Å². The van der Waals surface area contributed by atoms with Gasteiger partial charge in [0.15, 0.2) is 5.76 Å². The van der Waals surface area contributed by atoms with Crippen LogP contribution in [0.1, 0.15) is 17.3 Å². The maximum Gasteiger partial charge on any atom is 0.213 e. The van der Waals surface area contributed by atoms with Gasteiger partial charge in [0.1, 0.15) is 18.4 Å². The third kappa shape index (κ3) is 2.10. The van der Waals surface area contributed by atoms with Crippen molar-refractivity contribution in [2.24, 2.45) is 0 Å². The number of imidazole rings is 1. The normalized spacial score (nSPS) is 10.2. The molecule has 0 saturated heterocycles. The van der Waals surface area contributed by atoms with E-state index in [1.807, 2.05) is 6.07 Å². The number of aromatic nitrogens is 3. The average Bonchev–Trinajstić information content (AvgIpc) is 2.89. The number of hydrogen-bond acceptors (Lipinski definition) is 5. The lowest BCUT2D eigenvalue weighted by Gasteiger charge is -1.97. The van der Waals surface area contributed by atoms with Crippen LogP contribution in [0.2, 0.25) is 0 Å². The summed E-state index contributed by atoms with van der Waals surface area (Å²) >= 11 is 0. The van der Waals surface area contributed by atoms with E-state index >= 15 is 0 Å². The molecule has 0 aliphatic carbocycles. The van der Waals surface area contributed by atoms with Crippen molar-refractivity contribution in [3.8, 4) is 6.07 Å². The molecule has 2 heterocycles. The summed E-state index contributed by atoms with van der Waals surface area (Å²) in [5, 5.41) is 12.6. The summed E-state index contributed by atoms with van der Waals surface area (Å²) in [6, 6.07) is 3.79. The van der Waals surface area contributed by atoms with E-state index in [2.05, 4.69) is 10.1 Å². The summed E-state index contributed by atoms with van der Waals surface area (Å²) in [7, 11) is 1.59. The molecule has 0 N–H and O–H groups in total. The molecule has 2 rings (SSSR count). The highest BCUT2D eigenvalue weighted by atomic mass is 16.5. The van der Waals surface area contributed by atoms with Crippen molar-refractivity contribution >= 4 is 0 Å². The number of nitrogens with zero attached hydrogens (tertiary/aromatic N) is 4. The van der Waals surface area contributed by atoms with Crippen LogP contribution in [0.15, 0.2) is 23.0 Å². The molecule has 0 aliphatic heterocycles. The van der Waals surface area contributed by atoms with Crippen molar-refractivity contribution < 1.29 is 9.26 Å². The first-order valence-electron chi connectivity index (χ1n) is 4.68. The molecule has 0 fully saturated rings. The van der Waals surface area contributed by atoms with Gasteiger partial charge in [0.2, 0.25) is 5.82 Å². The van der Waals surface area contributed by atoms with Crippen LogP contribution >= 0.6 is 0 Å². The average molecular weight is 218 g/mol. The van der Waals surface area contributed by atoms with E-state index in [1.54, 1.807) is 30.1 Å². The topological polar surface area (TPSA) is 76.9 Å². The Morgan fingerprint density at radius 2 is 2.50 bits per heavy atom. The fraction of sp³-hybridized carbons (Fsp3) is 0.300. The van der Waals surface area contributed by atoms with Crippen LogP contribution in [0.4, 0.5) is 0 Å². The zero-order valence-electron chi connectivity index (χ0n) is 8.75. The zero-order valence-corrected chi connectivity index (χ0v) is 8.75. The highest BCUT2D eigenvalue weighted by molar-refractivity contribution is 5.14. The van der Waals surface area contributed by atoms with Gasteiger partial charge in [0.25, 0.3) is 0 Å². The molecule has 0 amide bonds. The van der Waals surface area contributed by atoms with Gasteiger partial charge >= 0.3 is 0 Å². The van der Waals surface area contributed by atoms with Crippen molar-refractivity contribution in [2.75, 3.05) is 7.11 Å². The van der Waals surface area contributed by atoms with Gasteiger partial charge in [-0.15, -0.1) is 0 Å². The molecule has 0 radical (unpaired) electrons. The van der Waals surface area contributed by atoms with Gasteiger partial charge in [-0.1, -0.05) is 5.16 Å². The minimum atomic E-state index is 0.358. The molecule has 2 aromatic heterocycles. The van der Waals surface area contributed by atoms with Crippen LogP contribution in [0.5, 0.6) is 0 Å². The largest absolute Gasteiger partial charge is 0.377 e. The van der Waals surface area contributed by atoms with Crippen LogP contribution in [-0.4, -0.2) is 21.8 Å². The third-order valence-corrected chi connectivity index (χ3v) is 2.04. The van der Waals surface area contributed by atoms with Gasteiger partial charge in [-0.2, -0.15) is 5.26 Å². The Morgan fingerprint density at radius 3 is 3.25 bits per heavy atom. The maximum atomic E-state index is 8.78. The van der Waals surface area contributed by atoms with E-state index in [1.165, 1.54) is 0 Å². The first-order chi connectivity index (χ1) is 7.83. The zero-order chi connectivity index (χ0) is 11.4. The van der Waals surface area contributed by atoms with Crippen molar-refractivity contribution in [1.29, 1.82) is 5.26 Å². The number of rotatable bonds is 4. The van der Waals surface area contributed by atoms with Gasteiger partial charge in [-0.25, -0.2) is 4.98 Å². The monoisotopic (exact) mass is 218 g/mol. The Bertz CT molecular complexity index is 509. The molecule has 2 aromatic rings. The van der Waals surface area contributed by atoms with Gasteiger partial charge in [-0.3, -0.25) is 0 Å². The molecule has 0 bridgehead atoms. The molecular weight excluding hydrogens is 208 g/mol. The number of methoxy groups -OCH3 is 1. The molecule has 6 nitrogen and oxygen atoms in total. The molecule has 82 valence electrons. The Kier molecular flexibility index (Phi) is 2.98. The highest BCUT2D eigenvalue weighted by Crippen LogP contribution is 2.07. The minimum absolute atomic E-state index is 0.358. The van der Waals surface area contributed by atoms with Gasteiger partial charge in [0, 0.05) is 25.6 Å². The lowest BCUT2D eigenvalue weighted by molar-refractivity contribution is 0.155. The summed E-state index contributed by atoms with van der Waals surface area (Å²) in [5.74, 6) is 1.02. The van der Waals surface area contributed by atoms with E-state index in [-0.39, 0.29) is 0 Å². The Hall–Kier alpha value is -2.13. The lowest BCUT2D eigenvalue weighted by atomic mass is 10.3. The van der Waals surface area contributed by atoms with Gasteiger partial charge in [-0.05, 0) is 0 Å². The first kappa shape index (κ1) is 10.4. The van der Waals surface area contributed by atoms with Crippen LogP contribution < -0.4 is 0 Å². The van der Waals surface area contributed by atoms with Crippen molar-refractivity contribution in [3.05, 3.63) is 35.7 Å². The maximum absolute atomic E-state index is 8.78. The molecule has 6 heteroatoms. The van der Waals surface area contributed by atoms with Crippen LogP contribution in [0.25, 0.3) is 0 Å². The van der Waals surface area contributed by atoms with Crippen LogP contribution in [-0.2, 0) is 17.9 Å². The summed E-state index contributed by atoms with van der Waals surface area (Å²) < 4.78 is 11.7. The quantitative estimate of drug-likeness (QED) is 0.763. The fourth-order valence-electron chi connectivity index (χ4n) is 1.36.